The third kappa shape index (κ3) is 3.36. The van der Waals surface area contributed by atoms with Gasteiger partial charge in [-0.3, -0.25) is 11.3 Å². The van der Waals surface area contributed by atoms with Gasteiger partial charge < -0.3 is 0 Å². The highest BCUT2D eigenvalue weighted by atomic mass is 32.2. The van der Waals surface area contributed by atoms with Gasteiger partial charge in [0.05, 0.1) is 11.8 Å². The molecule has 0 spiro atoms. The third-order valence-electron chi connectivity index (χ3n) is 1.65. The molecule has 1 atom stereocenters. The van der Waals surface area contributed by atoms with Crippen LogP contribution < -0.4 is 11.3 Å². The lowest BCUT2D eigenvalue weighted by molar-refractivity contribution is 0.562. The van der Waals surface area contributed by atoms with Crippen molar-refractivity contribution in [3.05, 3.63) is 24.3 Å². The topological polar surface area (TPSA) is 98.0 Å². The van der Waals surface area contributed by atoms with Gasteiger partial charge in [-0.05, 0) is 0 Å². The zero-order valence-corrected chi connectivity index (χ0v) is 8.53. The highest BCUT2D eigenvalue weighted by molar-refractivity contribution is 7.90. The first kappa shape index (κ1) is 11.0. The molecule has 0 bridgehead atoms. The van der Waals surface area contributed by atoms with Gasteiger partial charge in [0.25, 0.3) is 0 Å². The van der Waals surface area contributed by atoms with Crippen LogP contribution in [0.5, 0.6) is 0 Å². The first-order valence-corrected chi connectivity index (χ1v) is 5.98. The summed E-state index contributed by atoms with van der Waals surface area (Å²) in [6.45, 7) is 0. The van der Waals surface area contributed by atoms with Gasteiger partial charge in [0, 0.05) is 24.2 Å². The second-order valence-electron chi connectivity index (χ2n) is 2.98. The molecular formula is C7H12N4O2S. The van der Waals surface area contributed by atoms with Crippen LogP contribution in [-0.4, -0.2) is 30.4 Å². The predicted molar refractivity (Wildman–Crippen MR) is 51.8 cm³/mol. The minimum absolute atomic E-state index is 0.0725. The van der Waals surface area contributed by atoms with Crippen molar-refractivity contribution in [3.63, 3.8) is 0 Å². The lowest BCUT2D eigenvalue weighted by atomic mass is 10.2. The van der Waals surface area contributed by atoms with Gasteiger partial charge in [-0.15, -0.1) is 0 Å². The lowest BCUT2D eigenvalue weighted by Gasteiger charge is -2.13. The average molecular weight is 216 g/mol. The monoisotopic (exact) mass is 216 g/mol. The molecule has 0 aromatic carbocycles. The van der Waals surface area contributed by atoms with Gasteiger partial charge in [-0.1, -0.05) is 0 Å². The third-order valence-corrected chi connectivity index (χ3v) is 2.59. The van der Waals surface area contributed by atoms with Crippen molar-refractivity contribution >= 4 is 9.84 Å². The molecule has 0 saturated carbocycles. The second-order valence-corrected chi connectivity index (χ2v) is 5.17. The molecule has 1 heterocycles. The number of nitrogens with one attached hydrogen (secondary N) is 1. The number of hydrogen-bond acceptors (Lipinski definition) is 6. The summed E-state index contributed by atoms with van der Waals surface area (Å²) in [5, 5.41) is 0. The van der Waals surface area contributed by atoms with Crippen molar-refractivity contribution in [1.29, 1.82) is 0 Å². The molecule has 3 N–H and O–H groups in total. The molecule has 0 saturated heterocycles. The van der Waals surface area contributed by atoms with E-state index in [2.05, 4.69) is 15.4 Å². The Balaban J connectivity index is 2.84. The number of hydrazine groups is 1. The van der Waals surface area contributed by atoms with Crippen molar-refractivity contribution in [1.82, 2.24) is 15.4 Å². The maximum Gasteiger partial charge on any atom is 0.149 e. The van der Waals surface area contributed by atoms with Crippen LogP contribution in [0.3, 0.4) is 0 Å². The van der Waals surface area contributed by atoms with Crippen LogP contribution in [0.2, 0.25) is 0 Å². The first-order valence-electron chi connectivity index (χ1n) is 3.91. The van der Waals surface area contributed by atoms with Gasteiger partial charge in [0.1, 0.15) is 16.2 Å². The van der Waals surface area contributed by atoms with E-state index in [0.717, 1.165) is 6.26 Å². The lowest BCUT2D eigenvalue weighted by Crippen LogP contribution is -2.33. The average Bonchev–Trinajstić information content (AvgIpc) is 2.14. The molecule has 14 heavy (non-hydrogen) atoms. The Morgan fingerprint density at radius 1 is 1.50 bits per heavy atom. The Hall–Kier alpha value is -1.05. The van der Waals surface area contributed by atoms with E-state index in [1.807, 2.05) is 0 Å². The Morgan fingerprint density at radius 3 is 2.50 bits per heavy atom. The van der Waals surface area contributed by atoms with Gasteiger partial charge >= 0.3 is 0 Å². The normalized spacial score (nSPS) is 13.9. The summed E-state index contributed by atoms with van der Waals surface area (Å²) < 4.78 is 22.1. The molecule has 6 nitrogen and oxygen atoms in total. The SMILES string of the molecule is CS(=O)(=O)CC(NN)c1cncnc1. The Labute approximate surface area is 82.5 Å². The summed E-state index contributed by atoms with van der Waals surface area (Å²) >= 11 is 0. The molecule has 0 amide bonds. The van der Waals surface area contributed by atoms with Crippen molar-refractivity contribution in [2.45, 2.75) is 6.04 Å². The fourth-order valence-electron chi connectivity index (χ4n) is 1.03. The number of nitrogens with zero attached hydrogens (tertiary/aromatic N) is 2. The number of sulfone groups is 1. The van der Waals surface area contributed by atoms with Crippen molar-refractivity contribution in [2.75, 3.05) is 12.0 Å². The summed E-state index contributed by atoms with van der Waals surface area (Å²) in [4.78, 5) is 7.56. The molecule has 0 aliphatic heterocycles. The van der Waals surface area contributed by atoms with E-state index in [-0.39, 0.29) is 5.75 Å². The van der Waals surface area contributed by atoms with Crippen LogP contribution in [0.25, 0.3) is 0 Å². The molecule has 78 valence electrons. The second kappa shape index (κ2) is 4.45. The number of rotatable bonds is 4. The van der Waals surface area contributed by atoms with E-state index in [9.17, 15) is 8.42 Å². The summed E-state index contributed by atoms with van der Waals surface area (Å²) in [5.74, 6) is 5.17. The molecule has 0 aliphatic carbocycles. The molecule has 0 aliphatic rings. The van der Waals surface area contributed by atoms with Crippen LogP contribution in [0.15, 0.2) is 18.7 Å². The molecule has 1 aromatic heterocycles. The predicted octanol–water partition coefficient (Wildman–Crippen LogP) is -0.974. The van der Waals surface area contributed by atoms with Gasteiger partial charge in [0.2, 0.25) is 0 Å². The number of nitrogens with two attached hydrogens (primary N) is 1. The Kier molecular flexibility index (Phi) is 3.50. The zero-order valence-electron chi connectivity index (χ0n) is 7.71. The van der Waals surface area contributed by atoms with Crippen molar-refractivity contribution in [3.8, 4) is 0 Å². The van der Waals surface area contributed by atoms with E-state index >= 15 is 0 Å². The van der Waals surface area contributed by atoms with E-state index < -0.39 is 15.9 Å². The van der Waals surface area contributed by atoms with E-state index in [4.69, 9.17) is 5.84 Å². The van der Waals surface area contributed by atoms with Crippen LogP contribution in [-0.2, 0) is 9.84 Å². The quantitative estimate of drug-likeness (QED) is 0.496. The summed E-state index contributed by atoms with van der Waals surface area (Å²) in [6.07, 6.45) is 5.59. The van der Waals surface area contributed by atoms with Gasteiger partial charge in [-0.25, -0.2) is 18.4 Å². The van der Waals surface area contributed by atoms with Crippen molar-refractivity contribution < 1.29 is 8.42 Å². The number of hydrogen-bond donors (Lipinski definition) is 2. The maximum absolute atomic E-state index is 11.0. The van der Waals surface area contributed by atoms with Crippen LogP contribution >= 0.6 is 0 Å². The molecule has 0 radical (unpaired) electrons. The number of aromatic nitrogens is 2. The fourth-order valence-corrected chi connectivity index (χ4v) is 1.93. The van der Waals surface area contributed by atoms with E-state index in [1.165, 1.54) is 18.7 Å². The Bertz CT molecular complexity index is 378. The van der Waals surface area contributed by atoms with Crippen LogP contribution in [0.1, 0.15) is 11.6 Å². The Morgan fingerprint density at radius 2 is 2.07 bits per heavy atom. The van der Waals surface area contributed by atoms with Gasteiger partial charge in [0.15, 0.2) is 0 Å². The molecule has 7 heteroatoms. The summed E-state index contributed by atoms with van der Waals surface area (Å²) in [5.41, 5.74) is 3.07. The van der Waals surface area contributed by atoms with E-state index in [0.29, 0.717) is 5.56 Å². The largest absolute Gasteiger partial charge is 0.271 e. The minimum atomic E-state index is -3.08. The maximum atomic E-state index is 11.0. The highest BCUT2D eigenvalue weighted by Crippen LogP contribution is 2.10. The molecule has 1 aromatic rings. The van der Waals surface area contributed by atoms with Crippen LogP contribution in [0.4, 0.5) is 0 Å². The molecule has 0 fully saturated rings. The molecular weight excluding hydrogens is 204 g/mol. The minimum Gasteiger partial charge on any atom is -0.271 e. The standard InChI is InChI=1S/C7H12N4O2S/c1-14(12,13)4-7(11-8)6-2-9-5-10-3-6/h2-3,5,7,11H,4,8H2,1H3. The smallest absolute Gasteiger partial charge is 0.149 e. The fraction of sp³-hybridized carbons (Fsp3) is 0.429. The van der Waals surface area contributed by atoms with E-state index in [1.54, 1.807) is 0 Å². The van der Waals surface area contributed by atoms with Gasteiger partial charge in [-0.2, -0.15) is 0 Å². The molecule has 1 rings (SSSR count). The highest BCUT2D eigenvalue weighted by Gasteiger charge is 2.16. The first-order chi connectivity index (χ1) is 6.53. The van der Waals surface area contributed by atoms with Crippen molar-refractivity contribution in [2.24, 2.45) is 5.84 Å². The summed E-state index contributed by atoms with van der Waals surface area (Å²) in [7, 11) is -3.08. The zero-order chi connectivity index (χ0) is 10.6. The molecule has 1 unspecified atom stereocenters. The van der Waals surface area contributed by atoms with Crippen LogP contribution in [0, 0.1) is 0 Å². The summed E-state index contributed by atoms with van der Waals surface area (Å²) in [6, 6.07) is -0.466.